The first-order valence-corrected chi connectivity index (χ1v) is 5.12. The van der Waals surface area contributed by atoms with Gasteiger partial charge in [-0.05, 0) is 29.7 Å². The molecule has 0 saturated heterocycles. The summed E-state index contributed by atoms with van der Waals surface area (Å²) in [6.45, 7) is 3.67. The molecule has 5 heteroatoms. The third-order valence-corrected chi connectivity index (χ3v) is 2.41. The van der Waals surface area contributed by atoms with Gasteiger partial charge in [-0.15, -0.1) is 0 Å². The zero-order chi connectivity index (χ0) is 12.3. The Hall–Kier alpha value is -0.594. The monoisotopic (exact) mass is 270 g/mol. The van der Waals surface area contributed by atoms with Gasteiger partial charge in [0.1, 0.15) is 0 Å². The smallest absolute Gasteiger partial charge is 0.545 e. The van der Waals surface area contributed by atoms with E-state index in [9.17, 15) is 9.90 Å². The normalized spacial score (nSPS) is 12.8. The van der Waals surface area contributed by atoms with Crippen LogP contribution in [0.15, 0.2) is 42.5 Å². The molecule has 0 N–H and O–H groups in total. The Morgan fingerprint density at radius 3 is 2.78 bits per heavy atom. The van der Waals surface area contributed by atoms with E-state index >= 15 is 0 Å². The Bertz CT molecular complexity index is 494. The van der Waals surface area contributed by atoms with E-state index < -0.39 is 5.97 Å². The van der Waals surface area contributed by atoms with Crippen LogP contribution in [0.5, 0.6) is 11.5 Å². The average Bonchev–Trinajstić information content (AvgIpc) is 2.75. The van der Waals surface area contributed by atoms with Gasteiger partial charge in [-0.1, -0.05) is 24.8 Å². The topological polar surface area (TPSA) is 58.6 Å². The molecule has 1 aromatic rings. The number of carboxylic acid groups (broad SMARTS) is 1. The van der Waals surface area contributed by atoms with Gasteiger partial charge in [0, 0.05) is 0 Å². The summed E-state index contributed by atoms with van der Waals surface area (Å²) in [7, 11) is 0. The maximum Gasteiger partial charge on any atom is 1.00 e. The number of hydrogen-bond acceptors (Lipinski definition) is 4. The van der Waals surface area contributed by atoms with Gasteiger partial charge in [-0.3, -0.25) is 0 Å². The van der Waals surface area contributed by atoms with Crippen LogP contribution in [-0.2, 0) is 11.2 Å². The second-order valence-corrected chi connectivity index (χ2v) is 3.58. The molecular formula is C13H11KO4. The van der Waals surface area contributed by atoms with Crippen molar-refractivity contribution in [2.75, 3.05) is 6.79 Å². The van der Waals surface area contributed by atoms with Crippen LogP contribution < -0.4 is 66.0 Å². The average molecular weight is 270 g/mol. The molecule has 0 aliphatic carbocycles. The molecule has 0 radical (unpaired) electrons. The van der Waals surface area contributed by atoms with Crippen LogP contribution in [0, 0.1) is 0 Å². The van der Waals surface area contributed by atoms with Crippen LogP contribution in [0.2, 0.25) is 0 Å². The second-order valence-electron chi connectivity index (χ2n) is 3.58. The van der Waals surface area contributed by atoms with Gasteiger partial charge in [0.2, 0.25) is 6.79 Å². The maximum absolute atomic E-state index is 10.8. The van der Waals surface area contributed by atoms with Crippen molar-refractivity contribution in [2.24, 2.45) is 0 Å². The van der Waals surface area contributed by atoms with Crippen molar-refractivity contribution < 1.29 is 70.8 Å². The fourth-order valence-corrected chi connectivity index (χ4v) is 1.61. The molecule has 1 aliphatic heterocycles. The molecule has 0 saturated carbocycles. The number of rotatable bonds is 4. The Morgan fingerprint density at radius 2 is 2.11 bits per heavy atom. The Kier molecular flexibility index (Phi) is 6.11. The molecule has 0 atom stereocenters. The summed E-state index contributed by atoms with van der Waals surface area (Å²) >= 11 is 0. The number of allylic oxidation sites excluding steroid dienone is 2. The number of fused-ring (bicyclic) bond motifs is 1. The van der Waals surface area contributed by atoms with Crippen LogP contribution in [-0.4, -0.2) is 12.8 Å². The van der Waals surface area contributed by atoms with E-state index in [1.807, 2.05) is 0 Å². The maximum atomic E-state index is 10.8. The predicted octanol–water partition coefficient (Wildman–Crippen LogP) is -2.18. The second kappa shape index (κ2) is 7.11. The fraction of sp³-hybridized carbons (Fsp3) is 0.154. The number of ether oxygens (including phenoxy) is 2. The first-order valence-electron chi connectivity index (χ1n) is 5.12. The Balaban J connectivity index is 0.00000162. The molecule has 4 nitrogen and oxygen atoms in total. The molecule has 1 aromatic carbocycles. The molecule has 0 spiro atoms. The van der Waals surface area contributed by atoms with Crippen LogP contribution >= 0.6 is 0 Å². The summed E-state index contributed by atoms with van der Waals surface area (Å²) in [6, 6.07) is 5.33. The van der Waals surface area contributed by atoms with Crippen molar-refractivity contribution >= 4 is 5.97 Å². The first-order chi connectivity index (χ1) is 8.20. The van der Waals surface area contributed by atoms with E-state index in [-0.39, 0.29) is 70.2 Å². The molecular weight excluding hydrogens is 259 g/mol. The molecule has 0 aromatic heterocycles. The number of carbonyl (C=O) groups is 1. The summed E-state index contributed by atoms with van der Waals surface area (Å²) in [5, 5.41) is 10.8. The number of hydrogen-bond donors (Lipinski definition) is 0. The van der Waals surface area contributed by atoms with Crippen LogP contribution in [0.4, 0.5) is 0 Å². The van der Waals surface area contributed by atoms with Gasteiger partial charge < -0.3 is 19.4 Å². The largest absolute Gasteiger partial charge is 1.00 e. The van der Waals surface area contributed by atoms with Crippen molar-refractivity contribution in [2.45, 2.75) is 6.42 Å². The van der Waals surface area contributed by atoms with E-state index in [2.05, 4.69) is 6.58 Å². The molecule has 0 unspecified atom stereocenters. The van der Waals surface area contributed by atoms with Crippen LogP contribution in [0.1, 0.15) is 5.56 Å². The molecule has 0 amide bonds. The number of carboxylic acids is 1. The molecule has 0 fully saturated rings. The number of carbonyl (C=O) groups excluding carboxylic acids is 1. The van der Waals surface area contributed by atoms with Crippen LogP contribution in [0.25, 0.3) is 0 Å². The van der Waals surface area contributed by atoms with Crippen molar-refractivity contribution in [3.05, 3.63) is 48.1 Å². The Labute approximate surface area is 148 Å². The summed E-state index contributed by atoms with van der Waals surface area (Å²) < 4.78 is 10.4. The van der Waals surface area contributed by atoms with Crippen LogP contribution in [0.3, 0.4) is 0 Å². The molecule has 88 valence electrons. The molecule has 2 rings (SSSR count). The van der Waals surface area contributed by atoms with Gasteiger partial charge in [-0.2, -0.15) is 0 Å². The van der Waals surface area contributed by atoms with E-state index in [1.54, 1.807) is 18.2 Å². The van der Waals surface area contributed by atoms with Gasteiger partial charge in [0.25, 0.3) is 0 Å². The van der Waals surface area contributed by atoms with Crippen molar-refractivity contribution in [3.8, 4) is 11.5 Å². The molecule has 18 heavy (non-hydrogen) atoms. The van der Waals surface area contributed by atoms with Crippen molar-refractivity contribution in [1.29, 1.82) is 0 Å². The summed E-state index contributed by atoms with van der Waals surface area (Å²) in [5.41, 5.74) is 1.01. The standard InChI is InChI=1S/C13H12O4.K/c1-2-3-10(13(14)15)6-9-4-5-11-12(7-9)17-8-16-11;/h2-5,7H,1,6,8H2,(H,14,15);/q;+1/p-1. The van der Waals surface area contributed by atoms with Gasteiger partial charge in [0.05, 0.1) is 5.97 Å². The van der Waals surface area contributed by atoms with Gasteiger partial charge >= 0.3 is 51.4 Å². The SMILES string of the molecule is C=CC=C(Cc1ccc2c(c1)OCO2)C(=O)[O-].[K+]. The van der Waals surface area contributed by atoms with Crippen molar-refractivity contribution in [1.82, 2.24) is 0 Å². The summed E-state index contributed by atoms with van der Waals surface area (Å²) in [4.78, 5) is 10.8. The summed E-state index contributed by atoms with van der Waals surface area (Å²) in [5.74, 6) is 0.123. The van der Waals surface area contributed by atoms with E-state index in [1.165, 1.54) is 12.2 Å². The molecule has 1 heterocycles. The molecule has 1 aliphatic rings. The van der Waals surface area contributed by atoms with E-state index in [0.29, 0.717) is 11.5 Å². The zero-order valence-corrected chi connectivity index (χ0v) is 13.3. The fourth-order valence-electron chi connectivity index (χ4n) is 1.61. The minimum Gasteiger partial charge on any atom is -0.545 e. The first kappa shape index (κ1) is 15.5. The van der Waals surface area contributed by atoms with Gasteiger partial charge in [0.15, 0.2) is 11.5 Å². The number of aliphatic carboxylic acids is 1. The van der Waals surface area contributed by atoms with Crippen molar-refractivity contribution in [3.63, 3.8) is 0 Å². The third-order valence-electron chi connectivity index (χ3n) is 2.41. The minimum atomic E-state index is -1.19. The van der Waals surface area contributed by atoms with E-state index in [0.717, 1.165) is 5.56 Å². The summed E-state index contributed by atoms with van der Waals surface area (Å²) in [6.07, 6.45) is 3.13. The number of benzene rings is 1. The van der Waals surface area contributed by atoms with E-state index in [4.69, 9.17) is 9.47 Å². The third kappa shape index (κ3) is 3.70. The quantitative estimate of drug-likeness (QED) is 0.355. The minimum absolute atomic E-state index is 0. The molecule has 0 bridgehead atoms. The Morgan fingerprint density at radius 1 is 1.39 bits per heavy atom. The zero-order valence-electron chi connectivity index (χ0n) is 10.1. The van der Waals surface area contributed by atoms with Gasteiger partial charge in [-0.25, -0.2) is 0 Å². The predicted molar refractivity (Wildman–Crippen MR) is 59.6 cm³/mol.